The van der Waals surface area contributed by atoms with Gasteiger partial charge in [-0.25, -0.2) is 0 Å². The zero-order valence-corrected chi connectivity index (χ0v) is 33.1. The van der Waals surface area contributed by atoms with Gasteiger partial charge in [0.05, 0.1) is 0 Å². The van der Waals surface area contributed by atoms with Crippen LogP contribution in [0, 0.1) is 0 Å². The van der Waals surface area contributed by atoms with Gasteiger partial charge in [0.1, 0.15) is 0 Å². The molecule has 5 aromatic carbocycles. The normalized spacial score (nSPS) is 11.7. The average Bonchev–Trinajstić information content (AvgIpc) is 3.54. The summed E-state index contributed by atoms with van der Waals surface area (Å²) in [5.41, 5.74) is 1.86. The minimum atomic E-state index is -1.02. The van der Waals surface area contributed by atoms with E-state index in [9.17, 15) is 39.6 Å². The zero-order chi connectivity index (χ0) is 41.2. The molecule has 0 aliphatic carbocycles. The zero-order valence-electron chi connectivity index (χ0n) is 33.1. The molecule has 0 amide bonds. The van der Waals surface area contributed by atoms with E-state index in [1.807, 2.05) is 55.4 Å². The van der Waals surface area contributed by atoms with Gasteiger partial charge in [-0.3, -0.25) is 19.2 Å². The summed E-state index contributed by atoms with van der Waals surface area (Å²) in [6.07, 6.45) is 0. The molecule has 0 saturated carbocycles. The summed E-state index contributed by atoms with van der Waals surface area (Å²) >= 11 is 0. The van der Waals surface area contributed by atoms with Crippen molar-refractivity contribution >= 4 is 0 Å². The maximum Gasteiger partial charge on any atom is 0.220 e. The predicted octanol–water partition coefficient (Wildman–Crippen LogP) is 8.80. The van der Waals surface area contributed by atoms with Crippen molar-refractivity contribution in [3.63, 3.8) is 0 Å². The lowest BCUT2D eigenvalue weighted by molar-refractivity contribution is 0.453. The van der Waals surface area contributed by atoms with Gasteiger partial charge in [-0.05, 0) is 81.3 Å². The molecule has 0 fully saturated rings. The third kappa shape index (κ3) is 8.45. The molecule has 0 aliphatic rings. The molecule has 0 radical (unpaired) electrons. The Morgan fingerprint density at radius 3 is 0.661 bits per heavy atom. The van der Waals surface area contributed by atoms with Gasteiger partial charge in [-0.2, -0.15) is 0 Å². The predicted molar refractivity (Wildman–Crippen MR) is 222 cm³/mol. The van der Waals surface area contributed by atoms with Crippen LogP contribution in [0.25, 0.3) is 0 Å². The molecule has 0 heterocycles. The third-order valence-corrected chi connectivity index (χ3v) is 10.6. The van der Waals surface area contributed by atoms with Crippen molar-refractivity contribution in [1.29, 1.82) is 0 Å². The molecular weight excluding hydrogens is 705 g/mol. The second-order valence-corrected chi connectivity index (χ2v) is 15.7. The van der Waals surface area contributed by atoms with E-state index in [0.717, 1.165) is 0 Å². The van der Waals surface area contributed by atoms with Crippen molar-refractivity contribution < 1.29 is 20.4 Å². The van der Waals surface area contributed by atoms with E-state index < -0.39 is 56.5 Å². The first-order valence-corrected chi connectivity index (χ1v) is 19.0. The van der Waals surface area contributed by atoms with Crippen molar-refractivity contribution in [3.05, 3.63) is 194 Å². The molecule has 5 rings (SSSR count). The van der Waals surface area contributed by atoms with Crippen LogP contribution in [0.5, 0.6) is 23.0 Å². The van der Waals surface area contributed by atoms with Gasteiger partial charge in [0.2, 0.25) is 21.7 Å². The average molecular weight is 755 g/mol. The van der Waals surface area contributed by atoms with Crippen LogP contribution in [-0.2, 0) is 0 Å². The first-order chi connectivity index (χ1) is 26.4. The lowest BCUT2D eigenvalue weighted by Gasteiger charge is -2.22. The van der Waals surface area contributed by atoms with Gasteiger partial charge in [-0.15, -0.1) is 0 Å². The minimum Gasteiger partial charge on any atom is -0.504 e. The fourth-order valence-electron chi connectivity index (χ4n) is 7.00. The Bertz CT molecular complexity index is 2190. The highest BCUT2D eigenvalue weighted by atomic mass is 16.3. The molecule has 8 nitrogen and oxygen atoms in total. The van der Waals surface area contributed by atoms with Gasteiger partial charge in [0.15, 0.2) is 23.0 Å². The molecule has 0 aromatic heterocycles. The topological polar surface area (TPSA) is 149 Å². The van der Waals surface area contributed by atoms with E-state index in [4.69, 9.17) is 0 Å². The van der Waals surface area contributed by atoms with Crippen LogP contribution in [0.4, 0.5) is 0 Å². The summed E-state index contributed by atoms with van der Waals surface area (Å²) in [4.78, 5) is 53.5. The van der Waals surface area contributed by atoms with Gasteiger partial charge < -0.3 is 20.4 Å². The standard InChI is InChI=1S/C48H50O8/c1-25(2)31-13-17-35(45(53)39(49)21-31)43(36-18-14-32(26(3)4)22-40(50)46(36)54)29-9-11-30(12-10-29)44(37-19-15-33(27(5)6)23-41(51)47(37)55)38-20-16-34(28(7)8)24-42(52)48(38)56/h9-28,43-44H,1-8H3,(H,49,53)(H,50,54)(H,51,55)(H,52,56). The molecule has 8 heteroatoms. The van der Waals surface area contributed by atoms with Crippen molar-refractivity contribution in [2.24, 2.45) is 0 Å². The Balaban J connectivity index is 1.85. The summed E-state index contributed by atoms with van der Waals surface area (Å²) in [6, 6.07) is 25.7. The molecule has 56 heavy (non-hydrogen) atoms. The van der Waals surface area contributed by atoms with Crippen LogP contribution in [0.15, 0.2) is 116 Å². The molecule has 4 N–H and O–H groups in total. The van der Waals surface area contributed by atoms with Crippen LogP contribution in [0.1, 0.15) is 147 Å². The Morgan fingerprint density at radius 2 is 0.482 bits per heavy atom. The summed E-state index contributed by atoms with van der Waals surface area (Å²) in [7, 11) is 0. The van der Waals surface area contributed by atoms with E-state index in [-0.39, 0.29) is 45.9 Å². The van der Waals surface area contributed by atoms with E-state index in [2.05, 4.69) is 0 Å². The second kappa shape index (κ2) is 16.8. The van der Waals surface area contributed by atoms with Crippen LogP contribution in [0.3, 0.4) is 0 Å². The van der Waals surface area contributed by atoms with Crippen molar-refractivity contribution in [2.75, 3.05) is 0 Å². The number of hydrogen-bond acceptors (Lipinski definition) is 8. The maximum atomic E-state index is 13.4. The minimum absolute atomic E-state index is 0.0355. The fourth-order valence-corrected chi connectivity index (χ4v) is 7.00. The Kier molecular flexibility index (Phi) is 12.3. The molecular formula is C48H50O8. The first-order valence-electron chi connectivity index (χ1n) is 19.0. The van der Waals surface area contributed by atoms with Crippen molar-refractivity contribution in [2.45, 2.75) is 90.9 Å². The monoisotopic (exact) mass is 754 g/mol. The summed E-state index contributed by atoms with van der Waals surface area (Å²) in [6.45, 7) is 15.4. The van der Waals surface area contributed by atoms with Gasteiger partial charge in [-0.1, -0.05) is 128 Å². The lowest BCUT2D eigenvalue weighted by atomic mass is 9.81. The van der Waals surface area contributed by atoms with Crippen LogP contribution in [0.2, 0.25) is 0 Å². The highest BCUT2D eigenvalue weighted by Crippen LogP contribution is 2.42. The van der Waals surface area contributed by atoms with Gasteiger partial charge in [0, 0.05) is 34.1 Å². The fraction of sp³-hybridized carbons (Fsp3) is 0.292. The molecule has 290 valence electrons. The Labute approximate surface area is 327 Å². The lowest BCUT2D eigenvalue weighted by Crippen LogP contribution is -2.11. The number of rotatable bonds is 10. The molecule has 0 unspecified atom stereocenters. The maximum absolute atomic E-state index is 13.4. The van der Waals surface area contributed by atoms with E-state index in [0.29, 0.717) is 33.4 Å². The van der Waals surface area contributed by atoms with E-state index >= 15 is 0 Å². The molecule has 0 bridgehead atoms. The smallest absolute Gasteiger partial charge is 0.220 e. The van der Waals surface area contributed by atoms with Crippen LogP contribution in [-0.4, -0.2) is 20.4 Å². The van der Waals surface area contributed by atoms with Gasteiger partial charge >= 0.3 is 0 Å². The van der Waals surface area contributed by atoms with E-state index in [1.165, 1.54) is 24.3 Å². The molecule has 0 aliphatic heterocycles. The van der Waals surface area contributed by atoms with E-state index in [1.54, 1.807) is 72.8 Å². The van der Waals surface area contributed by atoms with Crippen LogP contribution >= 0.6 is 0 Å². The molecule has 0 saturated heterocycles. The van der Waals surface area contributed by atoms with Crippen LogP contribution < -0.4 is 21.7 Å². The third-order valence-electron chi connectivity index (χ3n) is 10.6. The quantitative estimate of drug-likeness (QED) is 0.111. The second-order valence-electron chi connectivity index (χ2n) is 15.7. The Morgan fingerprint density at radius 1 is 0.304 bits per heavy atom. The number of hydrogen-bond donors (Lipinski definition) is 4. The highest BCUT2D eigenvalue weighted by molar-refractivity contribution is 5.56. The largest absolute Gasteiger partial charge is 0.504 e. The SMILES string of the molecule is CC(C)c1ccc(C(c2ccc(C(c3ccc(C(C)C)cc(=O)c3O)c3ccc(C(C)C)cc(=O)c3O)cc2)c2ccc(C(C)C)cc(=O)c2O)c(O)c(=O)c1. The Hall–Kier alpha value is -6.02. The summed E-state index contributed by atoms with van der Waals surface area (Å²) < 4.78 is 0. The number of benzene rings is 1. The molecule has 5 aromatic rings. The van der Waals surface area contributed by atoms with Crippen molar-refractivity contribution in [3.8, 4) is 23.0 Å². The summed E-state index contributed by atoms with van der Waals surface area (Å²) in [5.74, 6) is -4.33. The number of aromatic hydroxyl groups is 4. The molecule has 0 atom stereocenters. The summed E-state index contributed by atoms with van der Waals surface area (Å²) in [5, 5.41) is 45.8. The first kappa shape index (κ1) is 41.1. The highest BCUT2D eigenvalue weighted by Gasteiger charge is 2.28. The molecule has 0 spiro atoms. The van der Waals surface area contributed by atoms with Crippen molar-refractivity contribution in [1.82, 2.24) is 0 Å². The van der Waals surface area contributed by atoms with Gasteiger partial charge in [0.25, 0.3) is 0 Å².